The predicted molar refractivity (Wildman–Crippen MR) is 91.8 cm³/mol. The Hall–Kier alpha value is -0.920. The molecule has 0 radical (unpaired) electrons. The van der Waals surface area contributed by atoms with Crippen LogP contribution in [0.1, 0.15) is 24.6 Å². The van der Waals surface area contributed by atoms with E-state index in [0.29, 0.717) is 13.1 Å². The Morgan fingerprint density at radius 2 is 2.32 bits per heavy atom. The third-order valence-electron chi connectivity index (χ3n) is 3.71. The maximum atomic E-state index is 12.3. The van der Waals surface area contributed by atoms with E-state index in [1.54, 1.807) is 16.2 Å². The minimum atomic E-state index is -0.00133. The van der Waals surface area contributed by atoms with Crippen molar-refractivity contribution in [1.29, 1.82) is 0 Å². The fourth-order valence-corrected chi connectivity index (χ4v) is 4.18. The van der Waals surface area contributed by atoms with Gasteiger partial charge in [-0.05, 0) is 41.4 Å². The molecule has 0 aromatic carbocycles. The number of carbonyl (C=O) groups excluding carboxylic acids is 2. The van der Waals surface area contributed by atoms with Crippen molar-refractivity contribution in [2.24, 2.45) is 0 Å². The van der Waals surface area contributed by atoms with Gasteiger partial charge in [0.2, 0.25) is 11.8 Å². The molecule has 2 rings (SSSR count). The van der Waals surface area contributed by atoms with Gasteiger partial charge in [0, 0.05) is 41.3 Å². The van der Waals surface area contributed by atoms with Crippen LogP contribution >= 0.6 is 27.3 Å². The molecule has 0 aliphatic carbocycles. The number of likely N-dealkylation sites (N-methyl/N-ethyl adjacent to an activating group) is 1. The maximum absolute atomic E-state index is 12.3. The first-order valence-electron chi connectivity index (χ1n) is 7.40. The molecular formula is C15H22BrN3O2S. The lowest BCUT2D eigenvalue weighted by Crippen LogP contribution is -2.49. The number of hydrogen-bond acceptors (Lipinski definition) is 4. The van der Waals surface area contributed by atoms with E-state index < -0.39 is 0 Å². The molecule has 0 spiro atoms. The van der Waals surface area contributed by atoms with Gasteiger partial charge < -0.3 is 10.2 Å². The van der Waals surface area contributed by atoms with Gasteiger partial charge in [-0.1, -0.05) is 0 Å². The molecule has 7 heteroatoms. The van der Waals surface area contributed by atoms with E-state index in [2.05, 4.69) is 26.1 Å². The Bertz CT molecular complexity index is 535. The number of nitrogens with zero attached hydrogens (tertiary/aromatic N) is 2. The van der Waals surface area contributed by atoms with Crippen LogP contribution < -0.4 is 5.32 Å². The summed E-state index contributed by atoms with van der Waals surface area (Å²) in [5.41, 5.74) is 0. The summed E-state index contributed by atoms with van der Waals surface area (Å²) in [6.45, 7) is 4.26. The Morgan fingerprint density at radius 3 is 2.95 bits per heavy atom. The van der Waals surface area contributed by atoms with Gasteiger partial charge >= 0.3 is 0 Å². The number of nitrogens with one attached hydrogen (secondary N) is 1. The third-order valence-corrected chi connectivity index (χ3v) is 5.39. The minimum absolute atomic E-state index is 0.00133. The molecule has 0 bridgehead atoms. The Kier molecular flexibility index (Phi) is 6.40. The topological polar surface area (TPSA) is 52.7 Å². The lowest BCUT2D eigenvalue weighted by Gasteiger charge is -2.33. The monoisotopic (exact) mass is 387 g/mol. The Morgan fingerprint density at radius 1 is 1.55 bits per heavy atom. The molecule has 1 aliphatic rings. The first kappa shape index (κ1) is 17.4. The maximum Gasteiger partial charge on any atom is 0.236 e. The minimum Gasteiger partial charge on any atom is -0.352 e. The van der Waals surface area contributed by atoms with E-state index >= 15 is 0 Å². The molecule has 1 aliphatic heterocycles. The highest BCUT2D eigenvalue weighted by Crippen LogP contribution is 2.21. The summed E-state index contributed by atoms with van der Waals surface area (Å²) in [5, 5.41) is 4.97. The van der Waals surface area contributed by atoms with Crippen LogP contribution in [-0.2, 0) is 16.1 Å². The van der Waals surface area contributed by atoms with Crippen LogP contribution in [0.2, 0.25) is 0 Å². The summed E-state index contributed by atoms with van der Waals surface area (Å²) >= 11 is 5.08. The molecule has 0 saturated carbocycles. The summed E-state index contributed by atoms with van der Waals surface area (Å²) in [6, 6.07) is 2.21. The van der Waals surface area contributed by atoms with Crippen molar-refractivity contribution in [3.63, 3.8) is 0 Å². The van der Waals surface area contributed by atoms with Crippen molar-refractivity contribution in [3.8, 4) is 0 Å². The lowest BCUT2D eigenvalue weighted by atomic mass is 10.1. The highest BCUT2D eigenvalue weighted by atomic mass is 79.9. The Labute approximate surface area is 143 Å². The van der Waals surface area contributed by atoms with Crippen LogP contribution in [-0.4, -0.2) is 54.3 Å². The van der Waals surface area contributed by atoms with Crippen molar-refractivity contribution in [2.75, 3.05) is 26.7 Å². The molecule has 1 fully saturated rings. The number of likely N-dealkylation sites (tertiary alicyclic amines) is 1. The van der Waals surface area contributed by atoms with Crippen molar-refractivity contribution < 1.29 is 9.59 Å². The molecule has 5 nitrogen and oxygen atoms in total. The van der Waals surface area contributed by atoms with E-state index in [9.17, 15) is 9.59 Å². The number of thiophene rings is 1. The zero-order chi connectivity index (χ0) is 16.1. The summed E-state index contributed by atoms with van der Waals surface area (Å²) in [7, 11) is 1.84. The number of hydrogen-bond donors (Lipinski definition) is 1. The Balaban J connectivity index is 1.81. The van der Waals surface area contributed by atoms with Crippen LogP contribution in [0.3, 0.4) is 0 Å². The molecular weight excluding hydrogens is 366 g/mol. The van der Waals surface area contributed by atoms with Gasteiger partial charge in [0.1, 0.15) is 0 Å². The van der Waals surface area contributed by atoms with Crippen molar-refractivity contribution in [1.82, 2.24) is 15.1 Å². The van der Waals surface area contributed by atoms with Gasteiger partial charge in [-0.25, -0.2) is 0 Å². The smallest absolute Gasteiger partial charge is 0.236 e. The molecule has 2 amide bonds. The van der Waals surface area contributed by atoms with Gasteiger partial charge in [0.25, 0.3) is 0 Å². The number of piperidine rings is 1. The van der Waals surface area contributed by atoms with Gasteiger partial charge in [-0.15, -0.1) is 11.3 Å². The fraction of sp³-hybridized carbons (Fsp3) is 0.600. The molecule has 1 atom stereocenters. The van der Waals surface area contributed by atoms with Crippen molar-refractivity contribution >= 4 is 39.1 Å². The zero-order valence-corrected chi connectivity index (χ0v) is 15.4. The van der Waals surface area contributed by atoms with Crippen LogP contribution in [0.15, 0.2) is 15.9 Å². The van der Waals surface area contributed by atoms with E-state index in [4.69, 9.17) is 0 Å². The average Bonchev–Trinajstić information content (AvgIpc) is 2.83. The largest absolute Gasteiger partial charge is 0.352 e. The number of carbonyl (C=O) groups is 2. The normalized spacial score (nSPS) is 19.0. The van der Waals surface area contributed by atoms with E-state index in [1.165, 1.54) is 6.92 Å². The second-order valence-electron chi connectivity index (χ2n) is 5.76. The molecule has 1 aromatic heterocycles. The van der Waals surface area contributed by atoms with Crippen LogP contribution in [0.4, 0.5) is 0 Å². The predicted octanol–water partition coefficient (Wildman–Crippen LogP) is 2.07. The molecule has 1 N–H and O–H groups in total. The van der Waals surface area contributed by atoms with Crippen molar-refractivity contribution in [3.05, 3.63) is 20.8 Å². The highest BCUT2D eigenvalue weighted by Gasteiger charge is 2.23. The summed E-state index contributed by atoms with van der Waals surface area (Å²) in [6.07, 6.45) is 2.00. The first-order chi connectivity index (χ1) is 10.4. The summed E-state index contributed by atoms with van der Waals surface area (Å²) < 4.78 is 1.06. The van der Waals surface area contributed by atoms with E-state index in [0.717, 1.165) is 35.3 Å². The zero-order valence-electron chi connectivity index (χ0n) is 13.0. The quantitative estimate of drug-likeness (QED) is 0.840. The average molecular weight is 388 g/mol. The number of amides is 2. The molecule has 22 heavy (non-hydrogen) atoms. The molecule has 1 aromatic rings. The van der Waals surface area contributed by atoms with Gasteiger partial charge in [0.05, 0.1) is 13.1 Å². The van der Waals surface area contributed by atoms with Gasteiger partial charge in [-0.2, -0.15) is 0 Å². The van der Waals surface area contributed by atoms with Crippen LogP contribution in [0.25, 0.3) is 0 Å². The molecule has 1 saturated heterocycles. The highest BCUT2D eigenvalue weighted by molar-refractivity contribution is 9.10. The first-order valence-corrected chi connectivity index (χ1v) is 9.07. The van der Waals surface area contributed by atoms with Gasteiger partial charge in [-0.3, -0.25) is 14.5 Å². The van der Waals surface area contributed by atoms with Crippen LogP contribution in [0, 0.1) is 0 Å². The fourth-order valence-electron chi connectivity index (χ4n) is 2.68. The molecule has 2 heterocycles. The number of rotatable bonds is 5. The summed E-state index contributed by atoms with van der Waals surface area (Å²) in [5.74, 6) is 0.117. The van der Waals surface area contributed by atoms with E-state index in [1.807, 2.05) is 18.5 Å². The summed E-state index contributed by atoms with van der Waals surface area (Å²) in [4.78, 5) is 28.5. The third kappa shape index (κ3) is 5.37. The van der Waals surface area contributed by atoms with Gasteiger partial charge in [0.15, 0.2) is 0 Å². The number of halogens is 1. The standard InChI is InChI=1S/C15H22BrN3O2S/c1-11(20)17-13-4-3-5-19(7-13)9-15(21)18(2)8-14-6-12(16)10-22-14/h6,10,13H,3-5,7-9H2,1-2H3,(H,17,20). The van der Waals surface area contributed by atoms with Crippen LogP contribution in [0.5, 0.6) is 0 Å². The SMILES string of the molecule is CC(=O)NC1CCCN(CC(=O)N(C)Cc2cc(Br)cs2)C1. The lowest BCUT2D eigenvalue weighted by molar-refractivity contribution is -0.131. The van der Waals surface area contributed by atoms with Crippen molar-refractivity contribution in [2.45, 2.75) is 32.4 Å². The molecule has 1 unspecified atom stereocenters. The second kappa shape index (κ2) is 8.08. The second-order valence-corrected chi connectivity index (χ2v) is 7.67. The van der Waals surface area contributed by atoms with E-state index in [-0.39, 0.29) is 17.9 Å². The molecule has 122 valence electrons.